The first-order valence-corrected chi connectivity index (χ1v) is 12.8. The molecule has 0 aliphatic heterocycles. The lowest BCUT2D eigenvalue weighted by Gasteiger charge is -2.27. The molecule has 1 aromatic heterocycles. The molecule has 3 aromatic rings. The summed E-state index contributed by atoms with van der Waals surface area (Å²) in [5.74, 6) is -2.12. The molecule has 0 spiro atoms. The topological polar surface area (TPSA) is 104 Å². The molecule has 0 unspecified atom stereocenters. The standard InChI is InChI=1S/C31H36N2O6/c1-17-9-11-24(15-19(17)3)27(25-12-10-18(2)20(4)16-25)22(6)38-31(36)21(5)33-30(35)28-29(39-23(7)34)26(37-8)13-14-32-28/h9-16,21-22,27H,1-8H3,(H,33,35)/t21-,22-/m0/s1. The minimum absolute atomic E-state index is 0.122. The van der Waals surface area contributed by atoms with Crippen molar-refractivity contribution in [2.24, 2.45) is 0 Å². The second-order valence-electron chi connectivity index (χ2n) is 9.79. The number of amides is 1. The Bertz CT molecular complexity index is 1330. The largest absolute Gasteiger partial charge is 0.493 e. The fourth-order valence-electron chi connectivity index (χ4n) is 4.32. The first kappa shape index (κ1) is 29.4. The van der Waals surface area contributed by atoms with E-state index in [4.69, 9.17) is 14.2 Å². The van der Waals surface area contributed by atoms with Gasteiger partial charge in [0, 0.05) is 25.1 Å². The van der Waals surface area contributed by atoms with E-state index < -0.39 is 30.0 Å². The smallest absolute Gasteiger partial charge is 0.328 e. The van der Waals surface area contributed by atoms with Crippen LogP contribution in [0.15, 0.2) is 48.7 Å². The molecular formula is C31H36N2O6. The number of methoxy groups -OCH3 is 1. The van der Waals surface area contributed by atoms with Crippen LogP contribution in [0.5, 0.6) is 11.5 Å². The van der Waals surface area contributed by atoms with Gasteiger partial charge in [-0.2, -0.15) is 0 Å². The lowest BCUT2D eigenvalue weighted by molar-refractivity contribution is -0.150. The Morgan fingerprint density at radius 2 is 1.41 bits per heavy atom. The second-order valence-corrected chi connectivity index (χ2v) is 9.79. The van der Waals surface area contributed by atoms with Gasteiger partial charge in [-0.1, -0.05) is 36.4 Å². The Kier molecular flexibility index (Phi) is 9.46. The molecule has 3 rings (SSSR count). The highest BCUT2D eigenvalue weighted by molar-refractivity contribution is 5.98. The average molecular weight is 533 g/mol. The summed E-state index contributed by atoms with van der Waals surface area (Å²) in [6, 6.07) is 13.0. The van der Waals surface area contributed by atoms with E-state index in [9.17, 15) is 14.4 Å². The number of hydrogen-bond donors (Lipinski definition) is 1. The Labute approximate surface area is 229 Å². The molecule has 1 amide bonds. The number of ether oxygens (including phenoxy) is 3. The van der Waals surface area contributed by atoms with E-state index in [1.165, 1.54) is 44.3 Å². The van der Waals surface area contributed by atoms with Gasteiger partial charge in [0.1, 0.15) is 12.1 Å². The van der Waals surface area contributed by atoms with E-state index >= 15 is 0 Å². The van der Waals surface area contributed by atoms with Crippen molar-refractivity contribution in [3.05, 3.63) is 87.7 Å². The van der Waals surface area contributed by atoms with Crippen LogP contribution in [0.2, 0.25) is 0 Å². The van der Waals surface area contributed by atoms with E-state index in [0.29, 0.717) is 0 Å². The predicted molar refractivity (Wildman–Crippen MR) is 148 cm³/mol. The summed E-state index contributed by atoms with van der Waals surface area (Å²) >= 11 is 0. The van der Waals surface area contributed by atoms with Gasteiger partial charge in [-0.25, -0.2) is 9.78 Å². The van der Waals surface area contributed by atoms with E-state index in [1.54, 1.807) is 0 Å². The molecule has 0 aliphatic carbocycles. The van der Waals surface area contributed by atoms with Gasteiger partial charge in [0.05, 0.1) is 7.11 Å². The lowest BCUT2D eigenvalue weighted by atomic mass is 9.84. The van der Waals surface area contributed by atoms with Gasteiger partial charge in [-0.15, -0.1) is 0 Å². The molecule has 2 aromatic carbocycles. The minimum atomic E-state index is -1.00. The fraction of sp³-hybridized carbons (Fsp3) is 0.355. The molecule has 0 aliphatic rings. The van der Waals surface area contributed by atoms with Crippen LogP contribution >= 0.6 is 0 Å². The third-order valence-corrected chi connectivity index (χ3v) is 6.80. The van der Waals surface area contributed by atoms with Crippen molar-refractivity contribution in [1.29, 1.82) is 0 Å². The highest BCUT2D eigenvalue weighted by atomic mass is 16.6. The molecule has 8 heteroatoms. The number of hydrogen-bond acceptors (Lipinski definition) is 7. The van der Waals surface area contributed by atoms with Gasteiger partial charge in [0.2, 0.25) is 5.75 Å². The Morgan fingerprint density at radius 1 is 0.846 bits per heavy atom. The summed E-state index contributed by atoms with van der Waals surface area (Å²) in [4.78, 5) is 41.8. The number of nitrogens with one attached hydrogen (secondary N) is 1. The van der Waals surface area contributed by atoms with Gasteiger partial charge < -0.3 is 19.5 Å². The summed E-state index contributed by atoms with van der Waals surface area (Å²) in [6.07, 6.45) is 0.816. The summed E-state index contributed by atoms with van der Waals surface area (Å²) in [5, 5.41) is 2.60. The van der Waals surface area contributed by atoms with E-state index in [-0.39, 0.29) is 23.1 Å². The van der Waals surface area contributed by atoms with Crippen LogP contribution < -0.4 is 14.8 Å². The highest BCUT2D eigenvalue weighted by Crippen LogP contribution is 2.33. The number of rotatable bonds is 9. The molecule has 0 saturated heterocycles. The van der Waals surface area contributed by atoms with E-state index in [1.807, 2.05) is 6.92 Å². The Morgan fingerprint density at radius 3 is 1.90 bits per heavy atom. The summed E-state index contributed by atoms with van der Waals surface area (Å²) < 4.78 is 16.3. The van der Waals surface area contributed by atoms with Crippen molar-refractivity contribution in [2.75, 3.05) is 7.11 Å². The Balaban J connectivity index is 1.84. The fourth-order valence-corrected chi connectivity index (χ4v) is 4.32. The van der Waals surface area contributed by atoms with Crippen molar-refractivity contribution in [3.63, 3.8) is 0 Å². The number of pyridine rings is 1. The van der Waals surface area contributed by atoms with Crippen molar-refractivity contribution in [2.45, 2.75) is 66.5 Å². The summed E-state index contributed by atoms with van der Waals surface area (Å²) in [6.45, 7) is 12.8. The zero-order chi connectivity index (χ0) is 28.9. The molecule has 0 bridgehead atoms. The Hall–Kier alpha value is -4.20. The monoisotopic (exact) mass is 532 g/mol. The average Bonchev–Trinajstić information content (AvgIpc) is 2.88. The second kappa shape index (κ2) is 12.6. The number of benzene rings is 2. The third kappa shape index (κ3) is 7.02. The number of carbonyl (C=O) groups is 3. The van der Waals surface area contributed by atoms with E-state index in [2.05, 4.69) is 74.4 Å². The van der Waals surface area contributed by atoms with Crippen LogP contribution in [0.3, 0.4) is 0 Å². The van der Waals surface area contributed by atoms with Crippen LogP contribution in [0.1, 0.15) is 70.6 Å². The molecule has 0 saturated carbocycles. The SMILES string of the molecule is COc1ccnc(C(=O)N[C@@H](C)C(=O)O[C@@H](C)C(c2ccc(C)c(C)c2)c2ccc(C)c(C)c2)c1OC(C)=O. The van der Waals surface area contributed by atoms with Crippen LogP contribution in [0, 0.1) is 27.7 Å². The van der Waals surface area contributed by atoms with Crippen LogP contribution in [0.4, 0.5) is 0 Å². The first-order valence-electron chi connectivity index (χ1n) is 12.8. The van der Waals surface area contributed by atoms with Crippen LogP contribution in [-0.4, -0.2) is 42.1 Å². The predicted octanol–water partition coefficient (Wildman–Crippen LogP) is 5.13. The normalized spacial score (nSPS) is 12.4. The number of nitrogens with zero attached hydrogens (tertiary/aromatic N) is 1. The third-order valence-electron chi connectivity index (χ3n) is 6.80. The van der Waals surface area contributed by atoms with Gasteiger partial charge in [0.25, 0.3) is 5.91 Å². The van der Waals surface area contributed by atoms with Crippen LogP contribution in [0.25, 0.3) is 0 Å². The molecule has 2 atom stereocenters. The molecule has 39 heavy (non-hydrogen) atoms. The van der Waals surface area contributed by atoms with Gasteiger partial charge >= 0.3 is 11.9 Å². The van der Waals surface area contributed by atoms with Crippen molar-refractivity contribution in [3.8, 4) is 11.5 Å². The summed E-state index contributed by atoms with van der Waals surface area (Å²) in [7, 11) is 1.38. The van der Waals surface area contributed by atoms with E-state index in [0.717, 1.165) is 22.3 Å². The zero-order valence-corrected chi connectivity index (χ0v) is 23.7. The quantitative estimate of drug-likeness (QED) is 0.381. The van der Waals surface area contributed by atoms with Gasteiger partial charge in [-0.05, 0) is 74.9 Å². The molecule has 0 fully saturated rings. The van der Waals surface area contributed by atoms with Crippen LogP contribution in [-0.2, 0) is 14.3 Å². The highest BCUT2D eigenvalue weighted by Gasteiger charge is 2.29. The van der Waals surface area contributed by atoms with Gasteiger partial charge in [0.15, 0.2) is 11.4 Å². The summed E-state index contributed by atoms with van der Waals surface area (Å²) in [5.41, 5.74) is 6.54. The zero-order valence-electron chi connectivity index (χ0n) is 23.7. The number of esters is 2. The number of carbonyl (C=O) groups excluding carboxylic acids is 3. The first-order chi connectivity index (χ1) is 18.4. The maximum Gasteiger partial charge on any atom is 0.328 e. The molecule has 0 radical (unpaired) electrons. The molecule has 8 nitrogen and oxygen atoms in total. The minimum Gasteiger partial charge on any atom is -0.493 e. The maximum atomic E-state index is 13.1. The van der Waals surface area contributed by atoms with Crippen molar-refractivity contribution < 1.29 is 28.6 Å². The molecule has 1 N–H and O–H groups in total. The van der Waals surface area contributed by atoms with Gasteiger partial charge in [-0.3, -0.25) is 9.59 Å². The molecule has 206 valence electrons. The van der Waals surface area contributed by atoms with Crippen molar-refractivity contribution >= 4 is 17.8 Å². The molecular weight excluding hydrogens is 496 g/mol. The van der Waals surface area contributed by atoms with Crippen molar-refractivity contribution in [1.82, 2.24) is 10.3 Å². The number of aryl methyl sites for hydroxylation is 4. The lowest BCUT2D eigenvalue weighted by Crippen LogP contribution is -2.41. The molecule has 1 heterocycles. The maximum absolute atomic E-state index is 13.1. The number of aromatic nitrogens is 1.